The molecule has 2 aromatic carbocycles. The van der Waals surface area contributed by atoms with E-state index in [0.29, 0.717) is 0 Å². The van der Waals surface area contributed by atoms with Crippen molar-refractivity contribution in [3.05, 3.63) is 43.7 Å². The van der Waals surface area contributed by atoms with Crippen molar-refractivity contribution in [1.29, 1.82) is 0 Å². The van der Waals surface area contributed by atoms with Crippen molar-refractivity contribution in [2.45, 2.75) is 18.3 Å². The highest BCUT2D eigenvalue weighted by atomic mass is 127. The van der Waals surface area contributed by atoms with Crippen LogP contribution in [0.2, 0.25) is 0 Å². The van der Waals surface area contributed by atoms with Gasteiger partial charge in [0, 0.05) is 26.8 Å². The average Bonchev–Trinajstić information content (AvgIpc) is 3.08. The van der Waals surface area contributed by atoms with Crippen molar-refractivity contribution < 1.29 is 59.7 Å². The van der Waals surface area contributed by atoms with E-state index in [0.717, 1.165) is 0 Å². The van der Waals surface area contributed by atoms with E-state index in [1.54, 1.807) is 136 Å². The molecule has 2 rings (SSSR count). The zero-order valence-corrected chi connectivity index (χ0v) is 38.1. The number of carbonyl (C=O) groups is 5. The molecule has 0 aliphatic rings. The Labute approximate surface area is 366 Å². The first kappa shape index (κ1) is 46.0. The number of hydrogen-bond acceptors (Lipinski definition) is 12. The highest BCUT2D eigenvalue weighted by Gasteiger charge is 2.32. The molecule has 12 N–H and O–H groups in total. The van der Waals surface area contributed by atoms with E-state index in [1.807, 2.05) is 0 Å². The molecule has 17 nitrogen and oxygen atoms in total. The third-order valence-corrected chi connectivity index (χ3v) is 12.8. The fourth-order valence-electron chi connectivity index (χ4n) is 3.79. The van der Waals surface area contributed by atoms with Crippen LogP contribution in [0, 0.1) is 21.4 Å². The maximum Gasteiger partial charge on any atom is 0.257 e. The Morgan fingerprint density at radius 3 is 1.02 bits per heavy atom. The van der Waals surface area contributed by atoms with E-state index in [4.69, 9.17) is 5.11 Å². The average molecular weight is 1380 g/mol. The van der Waals surface area contributed by atoms with Gasteiger partial charge in [-0.2, -0.15) is 0 Å². The molecule has 2 aromatic rings. The second-order valence-electron chi connectivity index (χ2n) is 9.93. The van der Waals surface area contributed by atoms with Crippen LogP contribution in [-0.4, -0.2) is 130 Å². The molecule has 0 aliphatic heterocycles. The van der Waals surface area contributed by atoms with Gasteiger partial charge in [-0.15, -0.1) is 0 Å². The minimum atomic E-state index is -1.29. The van der Waals surface area contributed by atoms with Gasteiger partial charge in [0.25, 0.3) is 23.6 Å². The molecule has 3 atom stereocenters. The van der Waals surface area contributed by atoms with Crippen molar-refractivity contribution in [3.63, 3.8) is 0 Å². The number of amides is 5. The Morgan fingerprint density at radius 2 is 0.740 bits per heavy atom. The lowest BCUT2D eigenvalue weighted by Crippen LogP contribution is -2.37. The third kappa shape index (κ3) is 11.7. The predicted molar refractivity (Wildman–Crippen MR) is 229 cm³/mol. The summed E-state index contributed by atoms with van der Waals surface area (Å²) in [6, 6.07) is 0. The molecule has 0 spiro atoms. The first-order valence-electron chi connectivity index (χ1n) is 13.8. The summed E-state index contributed by atoms with van der Waals surface area (Å²) >= 11 is 10.7. The van der Waals surface area contributed by atoms with Gasteiger partial charge in [-0.1, -0.05) is 0 Å². The first-order chi connectivity index (χ1) is 23.5. The van der Waals surface area contributed by atoms with Crippen LogP contribution in [0.25, 0.3) is 0 Å². The standard InChI is InChI=1S/C27H29I6N5O12/c28-16-12(24(47)34-1-8(43)4-39)19(31)23(20(32)13(16)25(48)35-2-9(44)5-40)38-27(50)15-17(29)14(26(49)36-3-10(45)6-41)18(30)22(21(15)33)37-11(46)7-42/h8-10,39-45H,1-7H2,(H,34,47)(H,35,48)(H,36,49)(H,37,46)(H,38,50). The van der Waals surface area contributed by atoms with Crippen LogP contribution in [0.1, 0.15) is 41.4 Å². The monoisotopic (exact) mass is 1380 g/mol. The number of benzene rings is 2. The molecule has 50 heavy (non-hydrogen) atoms. The summed E-state index contributed by atoms with van der Waals surface area (Å²) < 4.78 is 0.912. The first-order valence-corrected chi connectivity index (χ1v) is 20.3. The molecule has 23 heteroatoms. The Bertz CT molecular complexity index is 1600. The van der Waals surface area contributed by atoms with Crippen molar-refractivity contribution in [1.82, 2.24) is 16.0 Å². The Hall–Kier alpha value is -0.110. The van der Waals surface area contributed by atoms with E-state index < -0.39 is 74.3 Å². The maximum absolute atomic E-state index is 14.2. The normalized spacial score (nSPS) is 12.8. The van der Waals surface area contributed by atoms with Gasteiger partial charge >= 0.3 is 0 Å². The molecule has 0 fully saturated rings. The lowest BCUT2D eigenvalue weighted by molar-refractivity contribution is -0.118. The number of hydrogen-bond donors (Lipinski definition) is 12. The van der Waals surface area contributed by atoms with Gasteiger partial charge in [-0.05, 0) is 136 Å². The summed E-state index contributed by atoms with van der Waals surface area (Å²) in [4.78, 5) is 66.6. The summed E-state index contributed by atoms with van der Waals surface area (Å²) in [6.07, 6.45) is -3.86. The highest BCUT2D eigenvalue weighted by molar-refractivity contribution is 14.1. The van der Waals surface area contributed by atoms with Crippen LogP contribution in [0.3, 0.4) is 0 Å². The molecule has 0 heterocycles. The van der Waals surface area contributed by atoms with Crippen LogP contribution in [0.5, 0.6) is 0 Å². The number of nitrogens with one attached hydrogen (secondary N) is 5. The molecular weight excluding hydrogens is 1350 g/mol. The Morgan fingerprint density at radius 1 is 0.460 bits per heavy atom. The fourth-order valence-corrected chi connectivity index (χ4v) is 12.6. The van der Waals surface area contributed by atoms with Gasteiger partial charge in [-0.25, -0.2) is 0 Å². The summed E-state index contributed by atoms with van der Waals surface area (Å²) in [5, 5.41) is 78.9. The van der Waals surface area contributed by atoms with E-state index in [9.17, 15) is 54.6 Å². The van der Waals surface area contributed by atoms with Gasteiger partial charge in [0.05, 0.1) is 86.0 Å². The van der Waals surface area contributed by atoms with Crippen molar-refractivity contribution in [2.75, 3.05) is 56.7 Å². The van der Waals surface area contributed by atoms with Crippen LogP contribution in [0.15, 0.2) is 0 Å². The van der Waals surface area contributed by atoms with Crippen molar-refractivity contribution in [2.24, 2.45) is 0 Å². The second-order valence-corrected chi connectivity index (χ2v) is 16.4. The van der Waals surface area contributed by atoms with Crippen molar-refractivity contribution in [3.8, 4) is 0 Å². The summed E-state index contributed by atoms with van der Waals surface area (Å²) in [7, 11) is 0. The summed E-state index contributed by atoms with van der Waals surface area (Å²) in [5.41, 5.74) is -0.351. The van der Waals surface area contributed by atoms with E-state index in [1.165, 1.54) is 0 Å². The molecule has 0 radical (unpaired) electrons. The van der Waals surface area contributed by atoms with Gasteiger partial charge in [-0.3, -0.25) is 24.0 Å². The van der Waals surface area contributed by atoms with Gasteiger partial charge in [0.15, 0.2) is 0 Å². The highest BCUT2D eigenvalue weighted by Crippen LogP contribution is 2.39. The zero-order valence-electron chi connectivity index (χ0n) is 25.1. The minimum absolute atomic E-state index is 0.0134. The molecule has 276 valence electrons. The Balaban J connectivity index is 2.84. The molecule has 0 aromatic heterocycles. The number of anilines is 2. The van der Waals surface area contributed by atoms with Gasteiger partial charge in [0.1, 0.15) is 6.61 Å². The smallest absolute Gasteiger partial charge is 0.257 e. The largest absolute Gasteiger partial charge is 0.394 e. The topological polar surface area (TPSA) is 287 Å². The van der Waals surface area contributed by atoms with E-state index in [2.05, 4.69) is 26.6 Å². The van der Waals surface area contributed by atoms with Gasteiger partial charge in [0.2, 0.25) is 5.91 Å². The Kier molecular flexibility index (Phi) is 20.0. The number of aliphatic hydroxyl groups is 7. The molecule has 0 aliphatic carbocycles. The van der Waals surface area contributed by atoms with Gasteiger partial charge < -0.3 is 62.3 Å². The lowest BCUT2D eigenvalue weighted by Gasteiger charge is -2.22. The number of halogens is 6. The number of carbonyl (C=O) groups excluding carboxylic acids is 5. The van der Waals surface area contributed by atoms with Crippen LogP contribution in [0.4, 0.5) is 11.4 Å². The molecule has 0 bridgehead atoms. The van der Waals surface area contributed by atoms with Crippen LogP contribution >= 0.6 is 136 Å². The third-order valence-electron chi connectivity index (χ3n) is 6.32. The summed E-state index contributed by atoms with van der Waals surface area (Å²) in [5.74, 6) is -3.98. The lowest BCUT2D eigenvalue weighted by atomic mass is 10.1. The molecular formula is C27H29I6N5O12. The molecule has 3 unspecified atom stereocenters. The van der Waals surface area contributed by atoms with E-state index in [-0.39, 0.29) is 74.7 Å². The molecule has 5 amide bonds. The van der Waals surface area contributed by atoms with Crippen LogP contribution < -0.4 is 26.6 Å². The SMILES string of the molecule is O=C(CO)Nc1c(I)c(C(=O)NCC(O)CO)c(I)c(C(=O)Nc2c(I)c(C(=O)NCC(O)CO)c(I)c(C(=O)NCC(O)CO)c2I)c1I. The second kappa shape index (κ2) is 21.7. The minimum Gasteiger partial charge on any atom is -0.394 e. The van der Waals surface area contributed by atoms with Crippen LogP contribution in [-0.2, 0) is 4.79 Å². The predicted octanol–water partition coefficient (Wildman–Crippen LogP) is -0.254. The molecule has 0 saturated carbocycles. The number of rotatable bonds is 16. The zero-order chi connectivity index (χ0) is 38.0. The number of aliphatic hydroxyl groups excluding tert-OH is 7. The fraction of sp³-hybridized carbons (Fsp3) is 0.370. The quantitative estimate of drug-likeness (QED) is 0.0970. The van der Waals surface area contributed by atoms with Crippen molar-refractivity contribution >= 4 is 176 Å². The molecule has 0 saturated heterocycles. The van der Waals surface area contributed by atoms with E-state index >= 15 is 0 Å². The maximum atomic E-state index is 14.2. The summed E-state index contributed by atoms with van der Waals surface area (Å²) in [6.45, 7) is -3.86.